The number of nitrogens with zero attached hydrogens (tertiary/aromatic N) is 2. The van der Waals surface area contributed by atoms with Crippen LogP contribution >= 0.6 is 0 Å². The molecule has 0 radical (unpaired) electrons. The van der Waals surface area contributed by atoms with E-state index in [1.807, 2.05) is 11.5 Å². The monoisotopic (exact) mass is 290 g/mol. The van der Waals surface area contributed by atoms with Crippen LogP contribution in [0.5, 0.6) is 0 Å². The smallest absolute Gasteiger partial charge is 0.269 e. The van der Waals surface area contributed by atoms with E-state index in [2.05, 4.69) is 15.6 Å². The Morgan fingerprint density at radius 3 is 2.95 bits per heavy atom. The zero-order valence-corrected chi connectivity index (χ0v) is 12.4. The molecule has 2 N–H and O–H groups in total. The Hall–Kier alpha value is -1.85. The van der Waals surface area contributed by atoms with Gasteiger partial charge in [0.2, 0.25) is 5.91 Å². The highest BCUT2D eigenvalue weighted by molar-refractivity contribution is 5.93. The lowest BCUT2D eigenvalue weighted by molar-refractivity contribution is -0.122. The number of aromatic nitrogens is 2. The molecule has 1 saturated carbocycles. The number of fused-ring (bicyclic) bond motifs is 1. The van der Waals surface area contributed by atoms with Crippen molar-refractivity contribution < 1.29 is 9.59 Å². The molecule has 1 aromatic heterocycles. The number of carbonyl (C=O) groups is 2. The van der Waals surface area contributed by atoms with Crippen molar-refractivity contribution in [3.8, 4) is 0 Å². The van der Waals surface area contributed by atoms with Gasteiger partial charge < -0.3 is 15.2 Å². The standard InChI is InChI=1S/C15H22N4O2/c1-10-16-9-13-15(21)17-8-12(19(10)13)7-14(20)18-11-5-3-2-4-6-11/h9,11-12H,2-8H2,1H3,(H,17,21)(H,18,20). The molecule has 1 atom stereocenters. The zero-order valence-electron chi connectivity index (χ0n) is 12.4. The molecule has 6 heteroatoms. The topological polar surface area (TPSA) is 76.0 Å². The summed E-state index contributed by atoms with van der Waals surface area (Å²) < 4.78 is 1.89. The SMILES string of the molecule is Cc1ncc2n1C(CC(=O)NC1CCCCC1)CNC2=O. The van der Waals surface area contributed by atoms with Gasteiger partial charge in [-0.05, 0) is 19.8 Å². The lowest BCUT2D eigenvalue weighted by Crippen LogP contribution is -2.43. The van der Waals surface area contributed by atoms with Crippen molar-refractivity contribution in [2.45, 2.75) is 57.5 Å². The second-order valence-electron chi connectivity index (χ2n) is 6.03. The summed E-state index contributed by atoms with van der Waals surface area (Å²) in [6.45, 7) is 2.36. The van der Waals surface area contributed by atoms with E-state index in [9.17, 15) is 9.59 Å². The molecule has 2 aliphatic rings. The molecule has 2 heterocycles. The van der Waals surface area contributed by atoms with Crippen molar-refractivity contribution in [2.75, 3.05) is 6.54 Å². The van der Waals surface area contributed by atoms with Crippen LogP contribution in [0.15, 0.2) is 6.20 Å². The first kappa shape index (κ1) is 14.1. The maximum absolute atomic E-state index is 12.2. The minimum atomic E-state index is -0.112. The molecule has 0 bridgehead atoms. The Morgan fingerprint density at radius 1 is 1.43 bits per heavy atom. The highest BCUT2D eigenvalue weighted by Gasteiger charge is 2.29. The second-order valence-corrected chi connectivity index (χ2v) is 6.03. The minimum Gasteiger partial charge on any atom is -0.353 e. The fourth-order valence-corrected chi connectivity index (χ4v) is 3.39. The van der Waals surface area contributed by atoms with Crippen LogP contribution in [-0.2, 0) is 4.79 Å². The van der Waals surface area contributed by atoms with Crippen LogP contribution in [0.25, 0.3) is 0 Å². The van der Waals surface area contributed by atoms with Gasteiger partial charge in [-0.25, -0.2) is 4.98 Å². The largest absolute Gasteiger partial charge is 0.353 e. The van der Waals surface area contributed by atoms with Gasteiger partial charge in [0, 0.05) is 19.0 Å². The molecule has 2 amide bonds. The molecule has 0 spiro atoms. The molecular weight excluding hydrogens is 268 g/mol. The molecule has 1 aliphatic carbocycles. The van der Waals surface area contributed by atoms with E-state index >= 15 is 0 Å². The van der Waals surface area contributed by atoms with Gasteiger partial charge in [-0.15, -0.1) is 0 Å². The second kappa shape index (κ2) is 5.87. The summed E-state index contributed by atoms with van der Waals surface area (Å²) in [6.07, 6.45) is 7.82. The predicted octanol–water partition coefficient (Wildman–Crippen LogP) is 1.32. The van der Waals surface area contributed by atoms with E-state index in [-0.39, 0.29) is 17.9 Å². The third kappa shape index (κ3) is 2.94. The number of carbonyl (C=O) groups excluding carboxylic acids is 2. The molecular formula is C15H22N4O2. The Morgan fingerprint density at radius 2 is 2.19 bits per heavy atom. The van der Waals surface area contributed by atoms with Gasteiger partial charge in [-0.3, -0.25) is 9.59 Å². The van der Waals surface area contributed by atoms with Crippen LogP contribution < -0.4 is 10.6 Å². The average Bonchev–Trinajstić information content (AvgIpc) is 2.86. The zero-order chi connectivity index (χ0) is 14.8. The summed E-state index contributed by atoms with van der Waals surface area (Å²) in [5.41, 5.74) is 0.550. The van der Waals surface area contributed by atoms with Gasteiger partial charge in [0.25, 0.3) is 5.91 Å². The highest BCUT2D eigenvalue weighted by atomic mass is 16.2. The van der Waals surface area contributed by atoms with Gasteiger partial charge in [-0.2, -0.15) is 0 Å². The van der Waals surface area contributed by atoms with Crippen LogP contribution in [0.1, 0.15) is 60.9 Å². The Kier molecular flexibility index (Phi) is 3.94. The summed E-state index contributed by atoms with van der Waals surface area (Å²) in [5.74, 6) is 0.747. The summed E-state index contributed by atoms with van der Waals surface area (Å²) in [6, 6.07) is 0.288. The minimum absolute atomic E-state index is 0.0382. The number of hydrogen-bond acceptors (Lipinski definition) is 3. The fourth-order valence-electron chi connectivity index (χ4n) is 3.39. The molecule has 3 rings (SSSR count). The average molecular weight is 290 g/mol. The Labute approximate surface area is 124 Å². The van der Waals surface area contributed by atoms with Gasteiger partial charge in [0.15, 0.2) is 0 Å². The van der Waals surface area contributed by atoms with Crippen molar-refractivity contribution in [1.29, 1.82) is 0 Å². The summed E-state index contributed by atoms with van der Waals surface area (Å²) in [7, 11) is 0. The van der Waals surface area contributed by atoms with E-state index in [0.29, 0.717) is 24.7 Å². The van der Waals surface area contributed by atoms with Crippen LogP contribution in [0.3, 0.4) is 0 Å². The number of nitrogens with one attached hydrogen (secondary N) is 2. The molecule has 1 aromatic rings. The molecule has 1 aliphatic heterocycles. The molecule has 0 aromatic carbocycles. The van der Waals surface area contributed by atoms with Crippen molar-refractivity contribution >= 4 is 11.8 Å². The molecule has 114 valence electrons. The Bertz CT molecular complexity index is 546. The van der Waals surface area contributed by atoms with E-state index in [0.717, 1.165) is 18.7 Å². The quantitative estimate of drug-likeness (QED) is 0.881. The van der Waals surface area contributed by atoms with Crippen molar-refractivity contribution in [3.63, 3.8) is 0 Å². The first-order valence-electron chi connectivity index (χ1n) is 7.76. The summed E-state index contributed by atoms with van der Waals surface area (Å²) >= 11 is 0. The molecule has 1 unspecified atom stereocenters. The van der Waals surface area contributed by atoms with E-state index in [4.69, 9.17) is 0 Å². The van der Waals surface area contributed by atoms with Crippen molar-refractivity contribution in [1.82, 2.24) is 20.2 Å². The first-order chi connectivity index (χ1) is 10.1. The lowest BCUT2D eigenvalue weighted by atomic mass is 9.95. The molecule has 0 saturated heterocycles. The van der Waals surface area contributed by atoms with Crippen molar-refractivity contribution in [3.05, 3.63) is 17.7 Å². The third-order valence-electron chi connectivity index (χ3n) is 4.47. The summed E-state index contributed by atoms with van der Waals surface area (Å²) in [4.78, 5) is 28.2. The van der Waals surface area contributed by atoms with Gasteiger partial charge >= 0.3 is 0 Å². The van der Waals surface area contributed by atoms with Crippen LogP contribution in [0.2, 0.25) is 0 Å². The number of hydrogen-bond donors (Lipinski definition) is 2. The predicted molar refractivity (Wildman–Crippen MR) is 78.0 cm³/mol. The van der Waals surface area contributed by atoms with E-state index in [1.54, 1.807) is 6.20 Å². The summed E-state index contributed by atoms with van der Waals surface area (Å²) in [5, 5.41) is 5.97. The van der Waals surface area contributed by atoms with Gasteiger partial charge in [0.05, 0.1) is 12.2 Å². The first-order valence-corrected chi connectivity index (χ1v) is 7.76. The number of amides is 2. The number of imidazole rings is 1. The van der Waals surface area contributed by atoms with Gasteiger partial charge in [-0.1, -0.05) is 19.3 Å². The number of aryl methyl sites for hydroxylation is 1. The Balaban J connectivity index is 1.65. The molecule has 1 fully saturated rings. The fraction of sp³-hybridized carbons (Fsp3) is 0.667. The maximum atomic E-state index is 12.2. The number of rotatable bonds is 3. The molecule has 6 nitrogen and oxygen atoms in total. The van der Waals surface area contributed by atoms with E-state index in [1.165, 1.54) is 19.3 Å². The normalized spacial score (nSPS) is 22.5. The highest BCUT2D eigenvalue weighted by Crippen LogP contribution is 2.22. The van der Waals surface area contributed by atoms with Crippen LogP contribution in [0.4, 0.5) is 0 Å². The maximum Gasteiger partial charge on any atom is 0.269 e. The van der Waals surface area contributed by atoms with E-state index < -0.39 is 0 Å². The van der Waals surface area contributed by atoms with Gasteiger partial charge in [0.1, 0.15) is 11.5 Å². The van der Waals surface area contributed by atoms with Crippen LogP contribution in [-0.4, -0.2) is 34.0 Å². The molecule has 21 heavy (non-hydrogen) atoms. The lowest BCUT2D eigenvalue weighted by Gasteiger charge is -2.28. The van der Waals surface area contributed by atoms with Crippen molar-refractivity contribution in [2.24, 2.45) is 0 Å². The van der Waals surface area contributed by atoms with Crippen LogP contribution in [0, 0.1) is 6.92 Å². The third-order valence-corrected chi connectivity index (χ3v) is 4.47.